The third kappa shape index (κ3) is 4.62. The van der Waals surface area contributed by atoms with Crippen molar-refractivity contribution in [2.24, 2.45) is 0 Å². The van der Waals surface area contributed by atoms with E-state index in [-0.39, 0.29) is 22.9 Å². The van der Waals surface area contributed by atoms with Crippen molar-refractivity contribution in [3.05, 3.63) is 74.6 Å². The van der Waals surface area contributed by atoms with Crippen LogP contribution in [0.5, 0.6) is 5.75 Å². The fourth-order valence-electron chi connectivity index (χ4n) is 3.60. The summed E-state index contributed by atoms with van der Waals surface area (Å²) in [6.45, 7) is 0. The molecule has 0 bridgehead atoms. The molecular formula is C23H20BrNO5. The number of esters is 1. The quantitative estimate of drug-likeness (QED) is 0.335. The smallest absolute Gasteiger partial charge is 0.349 e. The molecule has 0 unspecified atom stereocenters. The first kappa shape index (κ1) is 20.3. The molecule has 1 aliphatic carbocycles. The van der Waals surface area contributed by atoms with Gasteiger partial charge in [0.05, 0.1) is 5.56 Å². The molecule has 1 amide bonds. The number of fused-ring (bicyclic) bond motifs is 1. The van der Waals surface area contributed by atoms with Crippen LogP contribution in [0.15, 0.2) is 62.2 Å². The summed E-state index contributed by atoms with van der Waals surface area (Å²) in [5, 5.41) is 3.50. The molecule has 0 radical (unpaired) electrons. The average Bonchev–Trinajstić information content (AvgIpc) is 2.74. The van der Waals surface area contributed by atoms with Gasteiger partial charge in [-0.3, -0.25) is 4.79 Å². The third-order valence-electron chi connectivity index (χ3n) is 5.16. The van der Waals surface area contributed by atoms with Gasteiger partial charge in [-0.15, -0.1) is 0 Å². The van der Waals surface area contributed by atoms with Gasteiger partial charge in [0.1, 0.15) is 16.9 Å². The maximum absolute atomic E-state index is 12.5. The van der Waals surface area contributed by atoms with Crippen LogP contribution < -0.4 is 15.7 Å². The number of amides is 1. The highest BCUT2D eigenvalue weighted by atomic mass is 79.9. The van der Waals surface area contributed by atoms with Crippen LogP contribution in [0.3, 0.4) is 0 Å². The number of nitrogens with one attached hydrogen (secondary N) is 1. The summed E-state index contributed by atoms with van der Waals surface area (Å²) in [6.07, 6.45) is 5.20. The molecule has 0 saturated heterocycles. The molecule has 7 heteroatoms. The Morgan fingerprint density at radius 3 is 2.60 bits per heavy atom. The molecule has 0 atom stereocenters. The molecule has 30 heavy (non-hydrogen) atoms. The van der Waals surface area contributed by atoms with Gasteiger partial charge in [-0.1, -0.05) is 41.3 Å². The minimum absolute atomic E-state index is 0.0213. The predicted molar refractivity (Wildman–Crippen MR) is 116 cm³/mol. The van der Waals surface area contributed by atoms with Crippen molar-refractivity contribution >= 4 is 38.8 Å². The second-order valence-corrected chi connectivity index (χ2v) is 8.27. The zero-order valence-corrected chi connectivity index (χ0v) is 17.7. The minimum atomic E-state index is -0.716. The van der Waals surface area contributed by atoms with E-state index in [9.17, 15) is 14.4 Å². The normalized spacial score (nSPS) is 14.4. The number of rotatable bonds is 4. The van der Waals surface area contributed by atoms with Crippen LogP contribution in [0, 0.1) is 0 Å². The van der Waals surface area contributed by atoms with Crippen molar-refractivity contribution in [3.63, 3.8) is 0 Å². The van der Waals surface area contributed by atoms with Crippen LogP contribution in [-0.2, 0) is 0 Å². The van der Waals surface area contributed by atoms with Crippen LogP contribution in [-0.4, -0.2) is 17.9 Å². The molecule has 154 valence electrons. The molecule has 2 aromatic carbocycles. The molecular weight excluding hydrogens is 450 g/mol. The first-order chi connectivity index (χ1) is 14.5. The number of hydrogen-bond donors (Lipinski definition) is 1. The van der Waals surface area contributed by atoms with Crippen LogP contribution in [0.2, 0.25) is 0 Å². The van der Waals surface area contributed by atoms with Gasteiger partial charge < -0.3 is 14.5 Å². The lowest BCUT2D eigenvalue weighted by atomic mass is 9.95. The van der Waals surface area contributed by atoms with E-state index in [2.05, 4.69) is 21.2 Å². The van der Waals surface area contributed by atoms with Crippen molar-refractivity contribution in [1.29, 1.82) is 0 Å². The van der Waals surface area contributed by atoms with Gasteiger partial charge in [0.2, 0.25) is 0 Å². The van der Waals surface area contributed by atoms with Crippen molar-refractivity contribution in [2.75, 3.05) is 0 Å². The lowest BCUT2D eigenvalue weighted by Gasteiger charge is -2.22. The van der Waals surface area contributed by atoms with E-state index in [1.54, 1.807) is 30.3 Å². The maximum Gasteiger partial charge on any atom is 0.349 e. The summed E-state index contributed by atoms with van der Waals surface area (Å²) in [5.74, 6) is -0.695. The van der Waals surface area contributed by atoms with E-state index in [0.29, 0.717) is 10.9 Å². The van der Waals surface area contributed by atoms with Crippen molar-refractivity contribution in [1.82, 2.24) is 5.32 Å². The topological polar surface area (TPSA) is 85.6 Å². The van der Waals surface area contributed by atoms with Crippen LogP contribution >= 0.6 is 15.9 Å². The average molecular weight is 470 g/mol. The number of benzene rings is 2. The Kier molecular flexibility index (Phi) is 5.99. The molecule has 1 aliphatic rings. The molecule has 1 heterocycles. The number of halogens is 1. The molecule has 1 N–H and O–H groups in total. The van der Waals surface area contributed by atoms with E-state index in [1.807, 2.05) is 6.07 Å². The van der Waals surface area contributed by atoms with Gasteiger partial charge in [-0.05, 0) is 49.2 Å². The number of ether oxygens (including phenoxy) is 1. The Bertz CT molecular complexity index is 1160. The van der Waals surface area contributed by atoms with Crippen LogP contribution in [0.4, 0.5) is 0 Å². The third-order valence-corrected chi connectivity index (χ3v) is 5.66. The van der Waals surface area contributed by atoms with E-state index >= 15 is 0 Å². The Labute approximate surface area is 181 Å². The van der Waals surface area contributed by atoms with Gasteiger partial charge in [-0.2, -0.15) is 0 Å². The fourth-order valence-corrected chi connectivity index (χ4v) is 4.00. The van der Waals surface area contributed by atoms with Crippen molar-refractivity contribution < 1.29 is 18.7 Å². The second kappa shape index (κ2) is 8.83. The molecule has 0 spiro atoms. The highest BCUT2D eigenvalue weighted by molar-refractivity contribution is 9.10. The van der Waals surface area contributed by atoms with Crippen molar-refractivity contribution in [3.8, 4) is 5.75 Å². The predicted octanol–water partition coefficient (Wildman–Crippen LogP) is 4.84. The Hall–Kier alpha value is -2.93. The van der Waals surface area contributed by atoms with Crippen molar-refractivity contribution in [2.45, 2.75) is 38.1 Å². The summed E-state index contributed by atoms with van der Waals surface area (Å²) in [5.41, 5.74) is -0.104. The molecule has 1 aromatic heterocycles. The number of carbonyl (C=O) groups is 2. The van der Waals surface area contributed by atoms with Gasteiger partial charge in [0.25, 0.3) is 5.91 Å². The SMILES string of the molecule is O=C(Oc1ccc2cc(C(=O)NC3CCCCC3)c(=O)oc2c1)c1cccc(Br)c1. The summed E-state index contributed by atoms with van der Waals surface area (Å²) in [7, 11) is 0. The summed E-state index contributed by atoms with van der Waals surface area (Å²) in [6, 6.07) is 13.2. The van der Waals surface area contributed by atoms with E-state index in [4.69, 9.17) is 9.15 Å². The second-order valence-electron chi connectivity index (χ2n) is 7.36. The molecule has 0 aliphatic heterocycles. The molecule has 1 fully saturated rings. The Morgan fingerprint density at radius 2 is 1.83 bits per heavy atom. The molecule has 6 nitrogen and oxygen atoms in total. The summed E-state index contributed by atoms with van der Waals surface area (Å²) < 4.78 is 11.5. The van der Waals surface area contributed by atoms with E-state index < -0.39 is 17.5 Å². The number of carbonyl (C=O) groups excluding carboxylic acids is 2. The molecule has 4 rings (SSSR count). The first-order valence-corrected chi connectivity index (χ1v) is 10.7. The largest absolute Gasteiger partial charge is 0.423 e. The lowest BCUT2D eigenvalue weighted by Crippen LogP contribution is -2.38. The molecule has 1 saturated carbocycles. The lowest BCUT2D eigenvalue weighted by molar-refractivity contribution is 0.0734. The number of hydrogen-bond acceptors (Lipinski definition) is 5. The van der Waals surface area contributed by atoms with Crippen LogP contribution in [0.25, 0.3) is 11.0 Å². The van der Waals surface area contributed by atoms with Gasteiger partial charge in [-0.25, -0.2) is 9.59 Å². The Morgan fingerprint density at radius 1 is 1.03 bits per heavy atom. The highest BCUT2D eigenvalue weighted by Crippen LogP contribution is 2.23. The summed E-state index contributed by atoms with van der Waals surface area (Å²) >= 11 is 3.32. The minimum Gasteiger partial charge on any atom is -0.423 e. The Balaban J connectivity index is 1.54. The zero-order valence-electron chi connectivity index (χ0n) is 16.2. The van der Waals surface area contributed by atoms with E-state index in [0.717, 1.165) is 30.2 Å². The summed E-state index contributed by atoms with van der Waals surface area (Å²) in [4.78, 5) is 37.2. The molecule has 3 aromatic rings. The van der Waals surface area contributed by atoms with Gasteiger partial charge in [0, 0.05) is 22.0 Å². The monoisotopic (exact) mass is 469 g/mol. The maximum atomic E-state index is 12.5. The van der Waals surface area contributed by atoms with E-state index in [1.165, 1.54) is 18.6 Å². The van der Waals surface area contributed by atoms with Gasteiger partial charge >= 0.3 is 11.6 Å². The zero-order chi connectivity index (χ0) is 21.1. The standard InChI is InChI=1S/C23H20BrNO5/c24-16-6-4-5-15(11-16)22(27)29-18-10-9-14-12-19(23(28)30-20(14)13-18)21(26)25-17-7-2-1-3-8-17/h4-6,9-13,17H,1-3,7-8H2,(H,25,26). The van der Waals surface area contributed by atoms with Crippen LogP contribution in [0.1, 0.15) is 52.8 Å². The fraction of sp³-hybridized carbons (Fsp3) is 0.261. The van der Waals surface area contributed by atoms with Gasteiger partial charge in [0.15, 0.2) is 0 Å². The highest BCUT2D eigenvalue weighted by Gasteiger charge is 2.20. The first-order valence-electron chi connectivity index (χ1n) is 9.86.